The molecular weight excluding hydrogens is 322 g/mol. The molecule has 0 saturated carbocycles. The zero-order valence-electron chi connectivity index (χ0n) is 11.8. The number of carboxylic acid groups (broad SMARTS) is 1. The van der Waals surface area contributed by atoms with Crippen molar-refractivity contribution < 1.29 is 19.6 Å². The van der Waals surface area contributed by atoms with Crippen LogP contribution < -0.4 is 0 Å². The highest BCUT2D eigenvalue weighted by molar-refractivity contribution is 6.17. The Morgan fingerprint density at radius 2 is 1.74 bits per heavy atom. The molecule has 0 radical (unpaired) electrons. The molecule has 7 heteroatoms. The number of benzene rings is 2. The fourth-order valence-corrected chi connectivity index (χ4v) is 2.38. The molecule has 1 atom stereocenters. The Morgan fingerprint density at radius 3 is 2.26 bits per heavy atom. The molecule has 23 heavy (non-hydrogen) atoms. The van der Waals surface area contributed by atoms with Crippen LogP contribution in [-0.4, -0.2) is 21.8 Å². The number of aliphatic carboxylic acids is 1. The van der Waals surface area contributed by atoms with Crippen molar-refractivity contribution >= 4 is 29.0 Å². The van der Waals surface area contributed by atoms with Crippen LogP contribution in [0.2, 0.25) is 0 Å². The van der Waals surface area contributed by atoms with E-state index in [4.69, 9.17) is 11.6 Å². The standard InChI is InChI=1S/C16H12ClNO5/c17-9-10-5-7-11(8-6-10)14(16(20)21)15(19)12-3-1-2-4-13(12)18(22)23/h1-8,14H,9H2,(H,20,21). The van der Waals surface area contributed by atoms with Gasteiger partial charge < -0.3 is 5.11 Å². The average molecular weight is 334 g/mol. The Labute approximate surface area is 136 Å². The lowest BCUT2D eigenvalue weighted by atomic mass is 9.89. The summed E-state index contributed by atoms with van der Waals surface area (Å²) in [7, 11) is 0. The highest BCUT2D eigenvalue weighted by Crippen LogP contribution is 2.27. The fourth-order valence-electron chi connectivity index (χ4n) is 2.20. The molecule has 0 spiro atoms. The molecule has 6 nitrogen and oxygen atoms in total. The second-order valence-corrected chi connectivity index (χ2v) is 5.05. The molecule has 1 unspecified atom stereocenters. The first-order valence-electron chi connectivity index (χ1n) is 6.61. The fraction of sp³-hybridized carbons (Fsp3) is 0.125. The summed E-state index contributed by atoms with van der Waals surface area (Å²) in [5.41, 5.74) is 0.375. The third-order valence-corrected chi connectivity index (χ3v) is 3.65. The van der Waals surface area contributed by atoms with Crippen LogP contribution in [0.1, 0.15) is 27.4 Å². The molecule has 0 heterocycles. The SMILES string of the molecule is O=C(O)C(C(=O)c1ccccc1[N+](=O)[O-])c1ccc(CCl)cc1. The Balaban J connectivity index is 2.47. The molecule has 0 bridgehead atoms. The van der Waals surface area contributed by atoms with Gasteiger partial charge in [-0.25, -0.2) is 0 Å². The maximum absolute atomic E-state index is 12.6. The van der Waals surface area contributed by atoms with Crippen molar-refractivity contribution in [1.29, 1.82) is 0 Å². The van der Waals surface area contributed by atoms with Gasteiger partial charge in [0.25, 0.3) is 5.69 Å². The summed E-state index contributed by atoms with van der Waals surface area (Å²) in [5.74, 6) is -3.45. The summed E-state index contributed by atoms with van der Waals surface area (Å²) in [6, 6.07) is 11.5. The maximum Gasteiger partial charge on any atom is 0.318 e. The van der Waals surface area contributed by atoms with Crippen molar-refractivity contribution in [2.45, 2.75) is 11.8 Å². The van der Waals surface area contributed by atoms with Gasteiger partial charge >= 0.3 is 5.97 Å². The summed E-state index contributed by atoms with van der Waals surface area (Å²) in [4.78, 5) is 34.4. The van der Waals surface area contributed by atoms with Gasteiger partial charge in [-0.1, -0.05) is 36.4 Å². The topological polar surface area (TPSA) is 97.5 Å². The molecule has 0 fully saturated rings. The first kappa shape index (κ1) is 16.6. The Kier molecular flexibility index (Phi) is 5.08. The maximum atomic E-state index is 12.6. The molecule has 0 aliphatic carbocycles. The van der Waals surface area contributed by atoms with Crippen molar-refractivity contribution in [2.75, 3.05) is 0 Å². The minimum absolute atomic E-state index is 0.230. The van der Waals surface area contributed by atoms with E-state index in [-0.39, 0.29) is 17.0 Å². The van der Waals surface area contributed by atoms with Gasteiger partial charge in [0.05, 0.1) is 10.5 Å². The monoisotopic (exact) mass is 333 g/mol. The van der Waals surface area contributed by atoms with E-state index in [9.17, 15) is 24.8 Å². The van der Waals surface area contributed by atoms with Gasteiger partial charge in [0, 0.05) is 11.9 Å². The number of nitrogens with zero attached hydrogens (tertiary/aromatic N) is 1. The van der Waals surface area contributed by atoms with Crippen LogP contribution in [0.3, 0.4) is 0 Å². The molecular formula is C16H12ClNO5. The number of carbonyl (C=O) groups is 2. The molecule has 0 aliphatic rings. The van der Waals surface area contributed by atoms with E-state index in [2.05, 4.69) is 0 Å². The zero-order chi connectivity index (χ0) is 17.0. The average Bonchev–Trinajstić information content (AvgIpc) is 2.55. The van der Waals surface area contributed by atoms with Gasteiger partial charge in [-0.2, -0.15) is 0 Å². The number of carbonyl (C=O) groups excluding carboxylic acids is 1. The number of nitro benzene ring substituents is 1. The van der Waals surface area contributed by atoms with Crippen LogP contribution in [-0.2, 0) is 10.7 Å². The van der Waals surface area contributed by atoms with Crippen LogP contribution in [0, 0.1) is 10.1 Å². The molecule has 0 saturated heterocycles. The number of para-hydroxylation sites is 1. The van der Waals surface area contributed by atoms with Crippen molar-refractivity contribution in [3.8, 4) is 0 Å². The van der Waals surface area contributed by atoms with E-state index in [0.29, 0.717) is 0 Å². The molecule has 2 aromatic rings. The minimum Gasteiger partial charge on any atom is -0.480 e. The Hall–Kier alpha value is -2.73. The second-order valence-electron chi connectivity index (χ2n) is 4.78. The van der Waals surface area contributed by atoms with E-state index in [1.807, 2.05) is 0 Å². The van der Waals surface area contributed by atoms with Crippen LogP contribution in [0.15, 0.2) is 48.5 Å². The number of ketones is 1. The van der Waals surface area contributed by atoms with Crippen molar-refractivity contribution in [2.24, 2.45) is 0 Å². The summed E-state index contributed by atoms with van der Waals surface area (Å²) in [6.07, 6.45) is 0. The predicted octanol–water partition coefficient (Wildman–Crippen LogP) is 3.38. The quantitative estimate of drug-likeness (QED) is 0.287. The van der Waals surface area contributed by atoms with Crippen molar-refractivity contribution in [1.82, 2.24) is 0 Å². The molecule has 118 valence electrons. The number of carboxylic acids is 1. The molecule has 0 amide bonds. The number of rotatable bonds is 6. The van der Waals surface area contributed by atoms with Gasteiger partial charge in [0.1, 0.15) is 5.92 Å². The third kappa shape index (κ3) is 3.54. The largest absolute Gasteiger partial charge is 0.480 e. The summed E-state index contributed by atoms with van der Waals surface area (Å²) >= 11 is 5.68. The van der Waals surface area contributed by atoms with Gasteiger partial charge in [-0.3, -0.25) is 19.7 Å². The highest BCUT2D eigenvalue weighted by atomic mass is 35.5. The van der Waals surface area contributed by atoms with Crippen LogP contribution in [0.25, 0.3) is 0 Å². The van der Waals surface area contributed by atoms with Crippen molar-refractivity contribution in [3.05, 3.63) is 75.3 Å². The number of nitro groups is 1. The third-order valence-electron chi connectivity index (χ3n) is 3.34. The smallest absolute Gasteiger partial charge is 0.318 e. The number of alkyl halides is 1. The zero-order valence-corrected chi connectivity index (χ0v) is 12.6. The van der Waals surface area contributed by atoms with E-state index in [1.54, 1.807) is 12.1 Å². The van der Waals surface area contributed by atoms with Crippen LogP contribution in [0.4, 0.5) is 5.69 Å². The van der Waals surface area contributed by atoms with E-state index in [1.165, 1.54) is 36.4 Å². The van der Waals surface area contributed by atoms with Crippen molar-refractivity contribution in [3.63, 3.8) is 0 Å². The molecule has 2 aromatic carbocycles. The van der Waals surface area contributed by atoms with Gasteiger partial charge in [0.2, 0.25) is 0 Å². The normalized spacial score (nSPS) is 11.7. The van der Waals surface area contributed by atoms with Crippen LogP contribution >= 0.6 is 11.6 Å². The number of halogens is 1. The lowest BCUT2D eigenvalue weighted by molar-refractivity contribution is -0.385. The van der Waals surface area contributed by atoms with Crippen LogP contribution in [0.5, 0.6) is 0 Å². The lowest BCUT2D eigenvalue weighted by Crippen LogP contribution is -2.22. The number of hydrogen-bond donors (Lipinski definition) is 1. The van der Waals surface area contributed by atoms with E-state index >= 15 is 0 Å². The number of Topliss-reactive ketones (excluding diaryl/α,β-unsaturated/α-hetero) is 1. The van der Waals surface area contributed by atoms with Gasteiger partial charge in [0.15, 0.2) is 5.78 Å². The molecule has 2 rings (SSSR count). The Bertz CT molecular complexity index is 757. The summed E-state index contributed by atoms with van der Waals surface area (Å²) in [5, 5.41) is 20.4. The summed E-state index contributed by atoms with van der Waals surface area (Å²) < 4.78 is 0. The van der Waals surface area contributed by atoms with Gasteiger partial charge in [-0.05, 0) is 17.2 Å². The lowest BCUT2D eigenvalue weighted by Gasteiger charge is -2.12. The van der Waals surface area contributed by atoms with E-state index < -0.39 is 28.3 Å². The highest BCUT2D eigenvalue weighted by Gasteiger charge is 2.33. The number of hydrogen-bond acceptors (Lipinski definition) is 4. The second kappa shape index (κ2) is 7.02. The predicted molar refractivity (Wildman–Crippen MR) is 83.8 cm³/mol. The molecule has 0 aromatic heterocycles. The first-order valence-corrected chi connectivity index (χ1v) is 7.14. The molecule has 1 N–H and O–H groups in total. The minimum atomic E-state index is -1.51. The van der Waals surface area contributed by atoms with E-state index in [0.717, 1.165) is 5.56 Å². The molecule has 0 aliphatic heterocycles. The first-order chi connectivity index (χ1) is 11.0. The Morgan fingerprint density at radius 1 is 1.13 bits per heavy atom. The van der Waals surface area contributed by atoms with Gasteiger partial charge in [-0.15, -0.1) is 11.6 Å². The summed E-state index contributed by atoms with van der Waals surface area (Å²) in [6.45, 7) is 0.